The summed E-state index contributed by atoms with van der Waals surface area (Å²) in [7, 11) is 0. The molecule has 11 N–H and O–H groups in total. The number of amides is 3. The molecule has 3 amide bonds. The number of guanidine groups is 1. The van der Waals surface area contributed by atoms with Crippen LogP contribution in [-0.4, -0.2) is 70.6 Å². The summed E-state index contributed by atoms with van der Waals surface area (Å²) in [6, 6.07) is 10.6. The molecule has 0 aliphatic rings. The van der Waals surface area contributed by atoms with Crippen LogP contribution in [-0.2, 0) is 32.0 Å². The normalized spacial score (nSPS) is 13.7. The second-order valence-electron chi connectivity index (χ2n) is 9.32. The summed E-state index contributed by atoms with van der Waals surface area (Å²) in [6.45, 7) is 1.66. The van der Waals surface area contributed by atoms with Gasteiger partial charge in [0.05, 0.1) is 6.04 Å². The molecule has 0 bridgehead atoms. The highest BCUT2D eigenvalue weighted by molar-refractivity contribution is 5.94. The Balaban J connectivity index is 2.26. The van der Waals surface area contributed by atoms with Gasteiger partial charge in [-0.1, -0.05) is 42.5 Å². The Morgan fingerprint density at radius 3 is 1.80 bits per heavy atom. The molecule has 0 aliphatic heterocycles. The van der Waals surface area contributed by atoms with E-state index in [2.05, 4.69) is 20.9 Å². The Kier molecular flexibility index (Phi) is 12.4. The Morgan fingerprint density at radius 2 is 1.30 bits per heavy atom. The largest absolute Gasteiger partial charge is 0.508 e. The summed E-state index contributed by atoms with van der Waals surface area (Å²) in [5.41, 5.74) is 17.6. The van der Waals surface area contributed by atoms with Gasteiger partial charge in [-0.05, 0) is 43.0 Å². The predicted molar refractivity (Wildman–Crippen MR) is 149 cm³/mol. The third kappa shape index (κ3) is 11.0. The minimum absolute atomic E-state index is 0.0158. The number of carboxylic acids is 1. The first-order valence-corrected chi connectivity index (χ1v) is 12.7. The molecule has 4 unspecified atom stereocenters. The van der Waals surface area contributed by atoms with Crippen molar-refractivity contribution in [3.8, 4) is 5.75 Å². The minimum Gasteiger partial charge on any atom is -0.508 e. The number of aliphatic imine (C=N–C) groups is 1. The molecule has 40 heavy (non-hydrogen) atoms. The van der Waals surface area contributed by atoms with Crippen LogP contribution in [0.15, 0.2) is 59.6 Å². The lowest BCUT2D eigenvalue weighted by atomic mass is 10.0. The lowest BCUT2D eigenvalue weighted by Gasteiger charge is -2.25. The summed E-state index contributed by atoms with van der Waals surface area (Å²) in [6.07, 6.45) is 0.435. The fourth-order valence-corrected chi connectivity index (χ4v) is 3.74. The van der Waals surface area contributed by atoms with Gasteiger partial charge in [0.25, 0.3) is 0 Å². The molecule has 0 heterocycles. The number of benzene rings is 2. The Hall–Kier alpha value is -4.65. The number of phenols is 1. The lowest BCUT2D eigenvalue weighted by molar-refractivity contribution is -0.142. The summed E-state index contributed by atoms with van der Waals surface area (Å²) >= 11 is 0. The van der Waals surface area contributed by atoms with Gasteiger partial charge >= 0.3 is 5.97 Å². The van der Waals surface area contributed by atoms with Crippen molar-refractivity contribution >= 4 is 29.7 Å². The van der Waals surface area contributed by atoms with Crippen LogP contribution in [0.3, 0.4) is 0 Å². The molecule has 0 saturated heterocycles. The number of hydrogen-bond donors (Lipinski definition) is 8. The van der Waals surface area contributed by atoms with Crippen molar-refractivity contribution in [2.75, 3.05) is 6.54 Å². The van der Waals surface area contributed by atoms with E-state index >= 15 is 0 Å². The van der Waals surface area contributed by atoms with Gasteiger partial charge in [0.1, 0.15) is 23.9 Å². The molecule has 2 aromatic carbocycles. The number of rotatable bonds is 15. The van der Waals surface area contributed by atoms with Crippen molar-refractivity contribution in [1.82, 2.24) is 16.0 Å². The zero-order valence-corrected chi connectivity index (χ0v) is 22.2. The average molecular weight is 556 g/mol. The van der Waals surface area contributed by atoms with E-state index in [1.807, 2.05) is 6.07 Å². The van der Waals surface area contributed by atoms with Crippen LogP contribution in [0.2, 0.25) is 0 Å². The summed E-state index contributed by atoms with van der Waals surface area (Å²) < 4.78 is 0. The van der Waals surface area contributed by atoms with E-state index in [-0.39, 0.29) is 43.9 Å². The van der Waals surface area contributed by atoms with Crippen molar-refractivity contribution in [2.45, 2.75) is 56.8 Å². The van der Waals surface area contributed by atoms with Crippen molar-refractivity contribution in [2.24, 2.45) is 22.2 Å². The van der Waals surface area contributed by atoms with Gasteiger partial charge in [0.15, 0.2) is 5.96 Å². The van der Waals surface area contributed by atoms with E-state index in [9.17, 15) is 29.4 Å². The average Bonchev–Trinajstić information content (AvgIpc) is 2.90. The van der Waals surface area contributed by atoms with Crippen molar-refractivity contribution in [1.29, 1.82) is 0 Å². The molecule has 0 aliphatic carbocycles. The van der Waals surface area contributed by atoms with Crippen LogP contribution < -0.4 is 33.2 Å². The second-order valence-corrected chi connectivity index (χ2v) is 9.32. The Bertz CT molecular complexity index is 1170. The first-order valence-electron chi connectivity index (χ1n) is 12.7. The summed E-state index contributed by atoms with van der Waals surface area (Å²) in [4.78, 5) is 54.7. The van der Waals surface area contributed by atoms with Crippen LogP contribution in [0.5, 0.6) is 5.75 Å². The third-order valence-electron chi connectivity index (χ3n) is 5.90. The monoisotopic (exact) mass is 555 g/mol. The number of aromatic hydroxyl groups is 1. The molecule has 0 radical (unpaired) electrons. The predicted octanol–water partition coefficient (Wildman–Crippen LogP) is -0.883. The van der Waals surface area contributed by atoms with Gasteiger partial charge in [-0.25, -0.2) is 4.79 Å². The quantitative estimate of drug-likeness (QED) is 0.0772. The maximum absolute atomic E-state index is 13.4. The Morgan fingerprint density at radius 1 is 0.800 bits per heavy atom. The van der Waals surface area contributed by atoms with Crippen molar-refractivity contribution < 1.29 is 29.4 Å². The molecule has 216 valence electrons. The lowest BCUT2D eigenvalue weighted by Crippen LogP contribution is -2.58. The molecule has 13 heteroatoms. The smallest absolute Gasteiger partial charge is 0.326 e. The second kappa shape index (κ2) is 15.7. The molecule has 2 aromatic rings. The van der Waals surface area contributed by atoms with Crippen molar-refractivity contribution in [3.05, 3.63) is 65.7 Å². The first kappa shape index (κ1) is 31.6. The third-order valence-corrected chi connectivity index (χ3v) is 5.90. The van der Waals surface area contributed by atoms with Gasteiger partial charge in [-0.15, -0.1) is 0 Å². The number of carbonyl (C=O) groups excluding carboxylic acids is 3. The van der Waals surface area contributed by atoms with Crippen LogP contribution in [0, 0.1) is 0 Å². The fourth-order valence-electron chi connectivity index (χ4n) is 3.74. The highest BCUT2D eigenvalue weighted by atomic mass is 16.4. The van der Waals surface area contributed by atoms with E-state index in [1.54, 1.807) is 36.4 Å². The molecule has 13 nitrogen and oxygen atoms in total. The molecule has 4 atom stereocenters. The number of hydrogen-bond acceptors (Lipinski definition) is 7. The minimum atomic E-state index is -1.26. The van der Waals surface area contributed by atoms with E-state index in [0.717, 1.165) is 5.56 Å². The number of aliphatic carboxylic acids is 1. The standard InChI is InChI=1S/C27H37N7O6/c1-16(28)23(36)33-21(14-17-6-3-2-4-7-17)25(38)34-22(15-18-9-11-19(35)12-10-18)24(37)32-20(26(39)40)8-5-13-31-27(29)30/h2-4,6-7,9-12,16,20-22,35H,5,8,13-15,28H2,1H3,(H,32,37)(H,33,36)(H,34,38)(H,39,40)(H4,29,30,31). The number of nitrogens with two attached hydrogens (primary N) is 3. The number of nitrogens with zero attached hydrogens (tertiary/aromatic N) is 1. The van der Waals surface area contributed by atoms with Crippen LogP contribution >= 0.6 is 0 Å². The number of phenolic OH excluding ortho intramolecular Hbond substituents is 1. The molecular weight excluding hydrogens is 518 g/mol. The molecule has 0 aromatic heterocycles. The van der Waals surface area contributed by atoms with E-state index in [1.165, 1.54) is 19.1 Å². The molecule has 0 fully saturated rings. The SMILES string of the molecule is CC(N)C(=O)NC(Cc1ccccc1)C(=O)NC(Cc1ccc(O)cc1)C(=O)NC(CCCN=C(N)N)C(=O)O. The van der Waals surface area contributed by atoms with Crippen LogP contribution in [0.1, 0.15) is 30.9 Å². The fraction of sp³-hybridized carbons (Fsp3) is 0.370. The number of carbonyl (C=O) groups is 4. The van der Waals surface area contributed by atoms with Crippen LogP contribution in [0.4, 0.5) is 0 Å². The van der Waals surface area contributed by atoms with Gasteiger partial charge in [0, 0.05) is 19.4 Å². The van der Waals surface area contributed by atoms with Gasteiger partial charge in [0.2, 0.25) is 17.7 Å². The summed E-state index contributed by atoms with van der Waals surface area (Å²) in [5, 5.41) is 27.0. The van der Waals surface area contributed by atoms with E-state index in [0.29, 0.717) is 5.56 Å². The van der Waals surface area contributed by atoms with Gasteiger partial charge in [-0.2, -0.15) is 0 Å². The highest BCUT2D eigenvalue weighted by Crippen LogP contribution is 2.13. The van der Waals surface area contributed by atoms with Crippen molar-refractivity contribution in [3.63, 3.8) is 0 Å². The highest BCUT2D eigenvalue weighted by Gasteiger charge is 2.30. The van der Waals surface area contributed by atoms with E-state index in [4.69, 9.17) is 17.2 Å². The molecular formula is C27H37N7O6. The van der Waals surface area contributed by atoms with E-state index < -0.39 is 47.9 Å². The summed E-state index contributed by atoms with van der Waals surface area (Å²) in [5.74, 6) is -3.33. The zero-order valence-electron chi connectivity index (χ0n) is 22.2. The molecule has 0 spiro atoms. The topological polar surface area (TPSA) is 235 Å². The van der Waals surface area contributed by atoms with Gasteiger partial charge in [-0.3, -0.25) is 19.4 Å². The molecule has 0 saturated carbocycles. The Labute approximate surface area is 232 Å². The zero-order chi connectivity index (χ0) is 29.7. The molecule has 2 rings (SSSR count). The maximum atomic E-state index is 13.4. The number of carboxylic acid groups (broad SMARTS) is 1. The van der Waals surface area contributed by atoms with Crippen LogP contribution in [0.25, 0.3) is 0 Å². The first-order chi connectivity index (χ1) is 19.0. The van der Waals surface area contributed by atoms with Gasteiger partial charge < -0.3 is 43.4 Å². The maximum Gasteiger partial charge on any atom is 0.326 e. The number of nitrogens with one attached hydrogen (secondary N) is 3.